The van der Waals surface area contributed by atoms with Crippen LogP contribution in [0, 0.1) is 6.92 Å². The van der Waals surface area contributed by atoms with Crippen molar-refractivity contribution in [3.63, 3.8) is 0 Å². The zero-order valence-electron chi connectivity index (χ0n) is 14.5. The van der Waals surface area contributed by atoms with Crippen molar-refractivity contribution < 1.29 is 17.7 Å². The Morgan fingerprint density at radius 1 is 1.37 bits per heavy atom. The predicted molar refractivity (Wildman–Crippen MR) is 103 cm³/mol. The number of ether oxygens (including phenoxy) is 1. The predicted octanol–water partition coefficient (Wildman–Crippen LogP) is 4.13. The van der Waals surface area contributed by atoms with Crippen LogP contribution in [0.15, 0.2) is 38.4 Å². The Labute approximate surface area is 165 Å². The maximum atomic E-state index is 13.3. The van der Waals surface area contributed by atoms with E-state index in [9.17, 15) is 8.42 Å². The molecule has 0 unspecified atom stereocenters. The number of thiophene rings is 1. The quantitative estimate of drug-likeness (QED) is 0.624. The average molecular weight is 426 g/mol. The highest BCUT2D eigenvalue weighted by molar-refractivity contribution is 7.94. The maximum absolute atomic E-state index is 13.3. The molecule has 1 aliphatic heterocycles. The molecule has 0 aliphatic carbocycles. The minimum atomic E-state index is -3.79. The Kier molecular flexibility index (Phi) is 4.61. The summed E-state index contributed by atoms with van der Waals surface area (Å²) in [7, 11) is -3.79. The molecule has 0 bridgehead atoms. The van der Waals surface area contributed by atoms with Gasteiger partial charge in [-0.25, -0.2) is 8.42 Å². The fraction of sp³-hybridized carbons (Fsp3) is 0.294. The molecule has 3 aromatic rings. The topological polar surface area (TPSA) is 85.5 Å². The first-order valence-electron chi connectivity index (χ1n) is 8.26. The number of anilines is 1. The number of sulfonamides is 1. The van der Waals surface area contributed by atoms with Crippen molar-refractivity contribution in [2.75, 3.05) is 10.8 Å². The van der Waals surface area contributed by atoms with Crippen molar-refractivity contribution in [2.45, 2.75) is 30.6 Å². The molecular formula is C17H16ClN3O4S2. The highest BCUT2D eigenvalue weighted by Gasteiger charge is 2.35. The second-order valence-corrected chi connectivity index (χ2v) is 9.52. The number of halogens is 1. The van der Waals surface area contributed by atoms with Crippen LogP contribution in [-0.2, 0) is 10.0 Å². The summed E-state index contributed by atoms with van der Waals surface area (Å²) >= 11 is 7.21. The lowest BCUT2D eigenvalue weighted by Gasteiger charge is -2.34. The van der Waals surface area contributed by atoms with Gasteiger partial charge in [-0.05, 0) is 30.7 Å². The van der Waals surface area contributed by atoms with Crippen molar-refractivity contribution in [1.82, 2.24) is 10.1 Å². The Balaban J connectivity index is 1.76. The number of hydrogen-bond donors (Lipinski definition) is 0. The van der Waals surface area contributed by atoms with E-state index in [1.165, 1.54) is 4.31 Å². The molecule has 4 rings (SSSR count). The Hall–Kier alpha value is -2.10. The summed E-state index contributed by atoms with van der Waals surface area (Å²) in [5.74, 6) is 1.29. The van der Waals surface area contributed by atoms with Crippen LogP contribution in [0.4, 0.5) is 5.69 Å². The van der Waals surface area contributed by atoms with E-state index in [4.69, 9.17) is 20.9 Å². The van der Waals surface area contributed by atoms with Gasteiger partial charge in [0.1, 0.15) is 16.1 Å². The van der Waals surface area contributed by atoms with Gasteiger partial charge in [-0.1, -0.05) is 23.7 Å². The smallest absolute Gasteiger partial charge is 0.274 e. The molecule has 0 saturated carbocycles. The van der Waals surface area contributed by atoms with Crippen LogP contribution in [0.1, 0.15) is 19.2 Å². The molecule has 1 atom stereocenters. The summed E-state index contributed by atoms with van der Waals surface area (Å²) in [5.41, 5.74) is 1.04. The highest BCUT2D eigenvalue weighted by Crippen LogP contribution is 2.40. The fourth-order valence-electron chi connectivity index (χ4n) is 2.82. The van der Waals surface area contributed by atoms with Crippen LogP contribution in [0.2, 0.25) is 5.02 Å². The lowest BCUT2D eigenvalue weighted by Crippen LogP contribution is -2.43. The first-order valence-corrected chi connectivity index (χ1v) is 11.0. The standard InChI is InChI=1S/C17H16ClN3O4S2/c1-3-13-8-21(14-7-12(18)4-5-15(14)24-13)27(22,23)16-6-11(9-26-16)17-19-10(2)25-20-17/h4-7,9,13H,3,8H2,1-2H3/t13-/m0/s1. The van der Waals surface area contributed by atoms with Crippen molar-refractivity contribution in [2.24, 2.45) is 0 Å². The lowest BCUT2D eigenvalue weighted by atomic mass is 10.2. The van der Waals surface area contributed by atoms with E-state index in [1.807, 2.05) is 6.92 Å². The molecule has 1 aliphatic rings. The normalized spacial score (nSPS) is 16.9. The minimum Gasteiger partial charge on any atom is -0.486 e. The molecule has 10 heteroatoms. The summed E-state index contributed by atoms with van der Waals surface area (Å²) in [6.45, 7) is 3.86. The van der Waals surface area contributed by atoms with Crippen LogP contribution < -0.4 is 9.04 Å². The van der Waals surface area contributed by atoms with Gasteiger partial charge in [-0.15, -0.1) is 11.3 Å². The SMILES string of the molecule is CC[C@H]1CN(S(=O)(=O)c2cc(-c3noc(C)n3)cs2)c2cc(Cl)ccc2O1. The Bertz CT molecular complexity index is 1090. The van der Waals surface area contributed by atoms with Crippen LogP contribution >= 0.6 is 22.9 Å². The molecule has 0 saturated heterocycles. The average Bonchev–Trinajstić information content (AvgIpc) is 3.30. The van der Waals surface area contributed by atoms with E-state index in [1.54, 1.807) is 36.6 Å². The minimum absolute atomic E-state index is 0.197. The summed E-state index contributed by atoms with van der Waals surface area (Å²) < 4.78 is 39.1. The molecule has 1 aromatic carbocycles. The van der Waals surface area contributed by atoms with Gasteiger partial charge in [0, 0.05) is 22.9 Å². The zero-order chi connectivity index (χ0) is 19.2. The summed E-state index contributed by atoms with van der Waals surface area (Å²) in [6, 6.07) is 6.55. The molecule has 27 heavy (non-hydrogen) atoms. The summed E-state index contributed by atoms with van der Waals surface area (Å²) in [5, 5.41) is 5.99. The van der Waals surface area contributed by atoms with Crippen LogP contribution in [0.25, 0.3) is 11.4 Å². The van der Waals surface area contributed by atoms with Gasteiger partial charge in [0.25, 0.3) is 10.0 Å². The second kappa shape index (κ2) is 6.81. The van der Waals surface area contributed by atoms with Gasteiger partial charge < -0.3 is 9.26 Å². The molecular weight excluding hydrogens is 410 g/mol. The summed E-state index contributed by atoms with van der Waals surface area (Å²) in [6.07, 6.45) is 0.457. The number of aromatic nitrogens is 2. The molecule has 2 aromatic heterocycles. The second-order valence-electron chi connectivity index (χ2n) is 6.09. The number of hydrogen-bond acceptors (Lipinski definition) is 7. The third kappa shape index (κ3) is 3.30. The van der Waals surface area contributed by atoms with Gasteiger partial charge in [0.05, 0.1) is 12.2 Å². The molecule has 3 heterocycles. The van der Waals surface area contributed by atoms with Crippen LogP contribution in [-0.4, -0.2) is 31.2 Å². The highest BCUT2D eigenvalue weighted by atomic mass is 35.5. The molecule has 0 radical (unpaired) electrons. The largest absolute Gasteiger partial charge is 0.486 e. The Morgan fingerprint density at radius 2 is 2.19 bits per heavy atom. The van der Waals surface area contributed by atoms with E-state index in [2.05, 4.69) is 10.1 Å². The van der Waals surface area contributed by atoms with Gasteiger partial charge in [-0.3, -0.25) is 4.31 Å². The van der Waals surface area contributed by atoms with Crippen LogP contribution in [0.5, 0.6) is 5.75 Å². The molecule has 0 spiro atoms. The van der Waals surface area contributed by atoms with Crippen molar-refractivity contribution in [3.05, 3.63) is 40.6 Å². The van der Waals surface area contributed by atoms with E-state index in [0.717, 1.165) is 11.3 Å². The first kappa shape index (κ1) is 18.3. The van der Waals surface area contributed by atoms with Crippen LogP contribution in [0.3, 0.4) is 0 Å². The van der Waals surface area contributed by atoms with Crippen molar-refractivity contribution in [3.8, 4) is 17.1 Å². The van der Waals surface area contributed by atoms with E-state index >= 15 is 0 Å². The number of nitrogens with zero attached hydrogens (tertiary/aromatic N) is 3. The van der Waals surface area contributed by atoms with E-state index in [-0.39, 0.29) is 16.9 Å². The zero-order valence-corrected chi connectivity index (χ0v) is 16.9. The molecule has 0 fully saturated rings. The number of benzene rings is 1. The maximum Gasteiger partial charge on any atom is 0.274 e. The third-order valence-electron chi connectivity index (χ3n) is 4.21. The molecule has 0 N–H and O–H groups in total. The lowest BCUT2D eigenvalue weighted by molar-refractivity contribution is 0.196. The first-order chi connectivity index (χ1) is 12.9. The summed E-state index contributed by atoms with van der Waals surface area (Å²) in [4.78, 5) is 4.14. The van der Waals surface area contributed by atoms with Gasteiger partial charge in [0.2, 0.25) is 11.7 Å². The molecule has 142 valence electrons. The van der Waals surface area contributed by atoms with Gasteiger partial charge in [0.15, 0.2) is 0 Å². The van der Waals surface area contributed by atoms with Gasteiger partial charge >= 0.3 is 0 Å². The van der Waals surface area contributed by atoms with E-state index in [0.29, 0.717) is 40.2 Å². The van der Waals surface area contributed by atoms with Crippen molar-refractivity contribution in [1.29, 1.82) is 0 Å². The van der Waals surface area contributed by atoms with Gasteiger partial charge in [-0.2, -0.15) is 4.98 Å². The number of rotatable bonds is 4. The number of aryl methyl sites for hydroxylation is 1. The third-order valence-corrected chi connectivity index (χ3v) is 7.64. The molecule has 0 amide bonds. The Morgan fingerprint density at radius 3 is 2.89 bits per heavy atom. The van der Waals surface area contributed by atoms with E-state index < -0.39 is 10.0 Å². The van der Waals surface area contributed by atoms with Crippen molar-refractivity contribution >= 4 is 38.6 Å². The fourth-order valence-corrected chi connectivity index (χ4v) is 5.76. The monoisotopic (exact) mass is 425 g/mol. The number of fused-ring (bicyclic) bond motifs is 1. The molecule has 7 nitrogen and oxygen atoms in total.